The number of nitrogens with zero attached hydrogens (tertiary/aromatic N) is 1. The fourth-order valence-corrected chi connectivity index (χ4v) is 2.63. The molecule has 5 heteroatoms. The summed E-state index contributed by atoms with van der Waals surface area (Å²) in [5.41, 5.74) is 0.957. The van der Waals surface area contributed by atoms with Crippen molar-refractivity contribution in [2.75, 3.05) is 6.61 Å². The smallest absolute Gasteiger partial charge is 0.363 e. The number of carbonyl (C=O) groups is 1. The van der Waals surface area contributed by atoms with Gasteiger partial charge in [0.1, 0.15) is 11.5 Å². The standard InChI is InChI=1S/C21H23NO4/c1-2-3-4-5-6-13-24-17-11-9-16(10-12-17)20-22-19(21(23)26-20)15-18-8-7-14-25-18/h7-12,14-15H,2-6,13H2,1H3. The van der Waals surface area contributed by atoms with Crippen LogP contribution in [0.3, 0.4) is 0 Å². The lowest BCUT2D eigenvalue weighted by Gasteiger charge is -2.07. The summed E-state index contributed by atoms with van der Waals surface area (Å²) in [6.45, 7) is 2.93. The second kappa shape index (κ2) is 9.04. The third-order valence-electron chi connectivity index (χ3n) is 4.06. The molecule has 5 nitrogen and oxygen atoms in total. The summed E-state index contributed by atoms with van der Waals surface area (Å²) in [5.74, 6) is 1.17. The summed E-state index contributed by atoms with van der Waals surface area (Å²) < 4.78 is 16.2. The fourth-order valence-electron chi connectivity index (χ4n) is 2.63. The van der Waals surface area contributed by atoms with Gasteiger partial charge in [0.15, 0.2) is 5.70 Å². The highest BCUT2D eigenvalue weighted by Crippen LogP contribution is 2.21. The van der Waals surface area contributed by atoms with Gasteiger partial charge in [-0.25, -0.2) is 9.79 Å². The number of carbonyl (C=O) groups excluding carboxylic acids is 1. The zero-order valence-corrected chi connectivity index (χ0v) is 14.9. The van der Waals surface area contributed by atoms with E-state index in [9.17, 15) is 4.79 Å². The molecule has 1 aromatic carbocycles. The molecule has 1 aliphatic rings. The van der Waals surface area contributed by atoms with E-state index in [1.54, 1.807) is 24.5 Å². The quantitative estimate of drug-likeness (QED) is 0.363. The van der Waals surface area contributed by atoms with Gasteiger partial charge in [0.05, 0.1) is 12.9 Å². The highest BCUT2D eigenvalue weighted by atomic mass is 16.6. The predicted octanol–water partition coefficient (Wildman–Crippen LogP) is 4.97. The number of furan rings is 1. The molecule has 0 atom stereocenters. The van der Waals surface area contributed by atoms with Crippen LogP contribution in [0.1, 0.15) is 50.4 Å². The van der Waals surface area contributed by atoms with Crippen molar-refractivity contribution in [2.24, 2.45) is 4.99 Å². The third-order valence-corrected chi connectivity index (χ3v) is 4.06. The van der Waals surface area contributed by atoms with Gasteiger partial charge in [0.2, 0.25) is 5.90 Å². The summed E-state index contributed by atoms with van der Waals surface area (Å²) in [6.07, 6.45) is 9.15. The molecule has 1 aromatic heterocycles. The van der Waals surface area contributed by atoms with E-state index in [1.165, 1.54) is 25.7 Å². The maximum atomic E-state index is 11.9. The molecular formula is C21H23NO4. The summed E-state index contributed by atoms with van der Waals surface area (Å²) in [7, 11) is 0. The van der Waals surface area contributed by atoms with Gasteiger partial charge < -0.3 is 13.9 Å². The number of unbranched alkanes of at least 4 members (excludes halogenated alkanes) is 4. The molecule has 136 valence electrons. The monoisotopic (exact) mass is 353 g/mol. The Balaban J connectivity index is 1.56. The van der Waals surface area contributed by atoms with Crippen LogP contribution < -0.4 is 4.74 Å². The number of cyclic esters (lactones) is 1. The van der Waals surface area contributed by atoms with Crippen molar-refractivity contribution in [1.82, 2.24) is 0 Å². The second-order valence-electron chi connectivity index (χ2n) is 6.14. The Bertz CT molecular complexity index is 773. The number of benzene rings is 1. The maximum Gasteiger partial charge on any atom is 0.363 e. The van der Waals surface area contributed by atoms with Crippen molar-refractivity contribution in [3.63, 3.8) is 0 Å². The molecule has 0 aliphatic carbocycles. The minimum atomic E-state index is -0.483. The van der Waals surface area contributed by atoms with E-state index in [0.717, 1.165) is 24.3 Å². The topological polar surface area (TPSA) is 61.0 Å². The van der Waals surface area contributed by atoms with Crippen molar-refractivity contribution in [2.45, 2.75) is 39.0 Å². The SMILES string of the molecule is CCCCCCCOc1ccc(C2=NC(=Cc3ccco3)C(=O)O2)cc1. The van der Waals surface area contributed by atoms with Crippen molar-refractivity contribution >= 4 is 17.9 Å². The molecule has 0 fully saturated rings. The van der Waals surface area contributed by atoms with Crippen molar-refractivity contribution in [3.8, 4) is 5.75 Å². The first-order chi connectivity index (χ1) is 12.8. The Morgan fingerprint density at radius 3 is 2.62 bits per heavy atom. The molecule has 26 heavy (non-hydrogen) atoms. The van der Waals surface area contributed by atoms with E-state index >= 15 is 0 Å². The Kier molecular flexibility index (Phi) is 6.25. The van der Waals surface area contributed by atoms with Gasteiger partial charge in [-0.1, -0.05) is 32.6 Å². The van der Waals surface area contributed by atoms with Crippen LogP contribution in [0.15, 0.2) is 57.8 Å². The van der Waals surface area contributed by atoms with Crippen molar-refractivity contribution < 1.29 is 18.7 Å². The number of hydrogen-bond acceptors (Lipinski definition) is 5. The minimum Gasteiger partial charge on any atom is -0.494 e. The highest BCUT2D eigenvalue weighted by molar-refractivity contribution is 6.12. The molecule has 0 amide bonds. The lowest BCUT2D eigenvalue weighted by atomic mass is 10.2. The van der Waals surface area contributed by atoms with Crippen LogP contribution in [0, 0.1) is 0 Å². The van der Waals surface area contributed by atoms with Gasteiger partial charge in [-0.05, 0) is 42.8 Å². The molecule has 2 heterocycles. The molecule has 0 unspecified atom stereocenters. The first-order valence-corrected chi connectivity index (χ1v) is 9.05. The maximum absolute atomic E-state index is 11.9. The average molecular weight is 353 g/mol. The van der Waals surface area contributed by atoms with Gasteiger partial charge in [-0.15, -0.1) is 0 Å². The second-order valence-corrected chi connectivity index (χ2v) is 6.14. The average Bonchev–Trinajstić information content (AvgIpc) is 3.29. The largest absolute Gasteiger partial charge is 0.494 e. The van der Waals surface area contributed by atoms with Crippen LogP contribution in [0.5, 0.6) is 5.75 Å². The molecule has 0 bridgehead atoms. The molecule has 2 aromatic rings. The molecular weight excluding hydrogens is 330 g/mol. The normalized spacial score (nSPS) is 15.2. The van der Waals surface area contributed by atoms with Crippen molar-refractivity contribution in [3.05, 3.63) is 59.7 Å². The number of esters is 1. The lowest BCUT2D eigenvalue weighted by Crippen LogP contribution is -2.05. The summed E-state index contributed by atoms with van der Waals surface area (Å²) >= 11 is 0. The van der Waals surface area contributed by atoms with Crippen LogP contribution in [0.25, 0.3) is 6.08 Å². The van der Waals surface area contributed by atoms with E-state index in [1.807, 2.05) is 24.3 Å². The molecule has 0 saturated heterocycles. The summed E-state index contributed by atoms with van der Waals surface area (Å²) in [4.78, 5) is 16.2. The molecule has 0 radical (unpaired) electrons. The molecule has 3 rings (SSSR count). The number of aliphatic imine (C=N–C) groups is 1. The van der Waals surface area contributed by atoms with Crippen LogP contribution in [0.2, 0.25) is 0 Å². The van der Waals surface area contributed by atoms with Crippen molar-refractivity contribution in [1.29, 1.82) is 0 Å². The zero-order chi connectivity index (χ0) is 18.2. The van der Waals surface area contributed by atoms with Crippen LogP contribution >= 0.6 is 0 Å². The Labute approximate surface area is 153 Å². The molecule has 1 aliphatic heterocycles. The van der Waals surface area contributed by atoms with E-state index in [-0.39, 0.29) is 5.70 Å². The predicted molar refractivity (Wildman–Crippen MR) is 100 cm³/mol. The van der Waals surface area contributed by atoms with Gasteiger partial charge in [-0.3, -0.25) is 0 Å². The van der Waals surface area contributed by atoms with Crippen LogP contribution in [-0.4, -0.2) is 18.5 Å². The van der Waals surface area contributed by atoms with Gasteiger partial charge in [0, 0.05) is 11.6 Å². The van der Waals surface area contributed by atoms with E-state index < -0.39 is 5.97 Å². The Morgan fingerprint density at radius 1 is 1.08 bits per heavy atom. The van der Waals surface area contributed by atoms with E-state index in [4.69, 9.17) is 13.9 Å². The van der Waals surface area contributed by atoms with Gasteiger partial charge in [0.25, 0.3) is 0 Å². The number of hydrogen-bond donors (Lipinski definition) is 0. The summed E-state index contributed by atoms with van der Waals surface area (Å²) in [5, 5.41) is 0. The highest BCUT2D eigenvalue weighted by Gasteiger charge is 2.24. The molecule has 0 N–H and O–H groups in total. The van der Waals surface area contributed by atoms with Crippen LogP contribution in [0.4, 0.5) is 0 Å². The van der Waals surface area contributed by atoms with E-state index in [2.05, 4.69) is 11.9 Å². The van der Waals surface area contributed by atoms with Crippen LogP contribution in [-0.2, 0) is 9.53 Å². The number of rotatable bonds is 9. The molecule has 0 saturated carbocycles. The fraction of sp³-hybridized carbons (Fsp3) is 0.333. The molecule has 0 spiro atoms. The minimum absolute atomic E-state index is 0.224. The first-order valence-electron chi connectivity index (χ1n) is 9.05. The van der Waals surface area contributed by atoms with E-state index in [0.29, 0.717) is 11.7 Å². The lowest BCUT2D eigenvalue weighted by molar-refractivity contribution is -0.129. The third kappa shape index (κ3) is 4.85. The summed E-state index contributed by atoms with van der Waals surface area (Å²) in [6, 6.07) is 10.9. The first kappa shape index (κ1) is 18.0. The Hall–Kier alpha value is -2.82. The van der Waals surface area contributed by atoms with Gasteiger partial charge in [-0.2, -0.15) is 0 Å². The van der Waals surface area contributed by atoms with Gasteiger partial charge >= 0.3 is 5.97 Å². The zero-order valence-electron chi connectivity index (χ0n) is 14.9. The number of ether oxygens (including phenoxy) is 2. The Morgan fingerprint density at radius 2 is 1.88 bits per heavy atom.